The van der Waals surface area contributed by atoms with Gasteiger partial charge in [-0.05, 0) is 50.2 Å². The molecule has 0 aliphatic carbocycles. The van der Waals surface area contributed by atoms with Gasteiger partial charge in [0.25, 0.3) is 0 Å². The van der Waals surface area contributed by atoms with Crippen molar-refractivity contribution in [3.8, 4) is 17.2 Å². The van der Waals surface area contributed by atoms with E-state index in [0.717, 1.165) is 5.75 Å². The van der Waals surface area contributed by atoms with Gasteiger partial charge in [-0.15, -0.1) is 0 Å². The van der Waals surface area contributed by atoms with E-state index in [9.17, 15) is 9.59 Å². The molecule has 7 nitrogen and oxygen atoms in total. The van der Waals surface area contributed by atoms with E-state index in [0.29, 0.717) is 22.9 Å². The molecule has 2 amide bonds. The quantitative estimate of drug-likeness (QED) is 0.845. The average molecular weight is 370 g/mol. The maximum atomic E-state index is 12.4. The Morgan fingerprint density at radius 3 is 2.48 bits per heavy atom. The number of rotatable bonds is 6. The van der Waals surface area contributed by atoms with Gasteiger partial charge in [0.1, 0.15) is 12.3 Å². The fourth-order valence-corrected chi connectivity index (χ4v) is 2.67. The number of anilines is 2. The zero-order valence-electron chi connectivity index (χ0n) is 15.5. The van der Waals surface area contributed by atoms with E-state index in [1.165, 1.54) is 11.8 Å². The van der Waals surface area contributed by atoms with Crippen molar-refractivity contribution in [1.82, 2.24) is 0 Å². The molecular formula is C20H22N2O5. The van der Waals surface area contributed by atoms with Crippen LogP contribution in [-0.2, 0) is 9.59 Å². The van der Waals surface area contributed by atoms with Gasteiger partial charge in [0, 0.05) is 24.4 Å². The summed E-state index contributed by atoms with van der Waals surface area (Å²) in [7, 11) is 0. The normalized spacial score (nSPS) is 12.0. The Kier molecular flexibility index (Phi) is 5.49. The third-order valence-electron chi connectivity index (χ3n) is 3.86. The third kappa shape index (κ3) is 4.69. The first kappa shape index (κ1) is 18.6. The second-order valence-corrected chi connectivity index (χ2v) is 6.38. The van der Waals surface area contributed by atoms with Crippen molar-refractivity contribution in [2.75, 3.05) is 23.6 Å². The molecule has 1 aliphatic rings. The van der Waals surface area contributed by atoms with Crippen molar-refractivity contribution in [1.29, 1.82) is 0 Å². The van der Waals surface area contributed by atoms with Crippen LogP contribution in [-0.4, -0.2) is 31.3 Å². The van der Waals surface area contributed by atoms with Crippen LogP contribution < -0.4 is 24.4 Å². The molecule has 0 spiro atoms. The Bertz CT molecular complexity index is 833. The minimum Gasteiger partial charge on any atom is -0.491 e. The zero-order valence-corrected chi connectivity index (χ0v) is 15.5. The van der Waals surface area contributed by atoms with Gasteiger partial charge in [-0.3, -0.25) is 9.59 Å². The number of carbonyl (C=O) groups is 2. The molecule has 2 aromatic rings. The van der Waals surface area contributed by atoms with E-state index in [-0.39, 0.29) is 31.3 Å². The van der Waals surface area contributed by atoms with Gasteiger partial charge in [0.15, 0.2) is 11.5 Å². The first-order chi connectivity index (χ1) is 12.9. The Labute approximate surface area is 157 Å². The van der Waals surface area contributed by atoms with Crippen LogP contribution in [0.2, 0.25) is 0 Å². The van der Waals surface area contributed by atoms with Crippen LogP contribution in [0.15, 0.2) is 42.5 Å². The molecule has 7 heteroatoms. The third-order valence-corrected chi connectivity index (χ3v) is 3.86. The zero-order chi connectivity index (χ0) is 19.4. The number of fused-ring (bicyclic) bond motifs is 1. The summed E-state index contributed by atoms with van der Waals surface area (Å²) in [5.41, 5.74) is 1.20. The monoisotopic (exact) mass is 370 g/mol. The van der Waals surface area contributed by atoms with E-state index in [2.05, 4.69) is 5.32 Å². The SMILES string of the molecule is CC(=O)N(CC(=O)Nc1ccc(OC(C)C)cc1)c1ccc2c(c1)OCO2. The number of nitrogens with zero attached hydrogens (tertiary/aromatic N) is 1. The van der Waals surface area contributed by atoms with Crippen molar-refractivity contribution in [2.24, 2.45) is 0 Å². The summed E-state index contributed by atoms with van der Waals surface area (Å²) in [6.45, 7) is 5.34. The number of carbonyl (C=O) groups excluding carboxylic acids is 2. The van der Waals surface area contributed by atoms with E-state index < -0.39 is 0 Å². The lowest BCUT2D eigenvalue weighted by Crippen LogP contribution is -2.36. The number of ether oxygens (including phenoxy) is 3. The molecule has 0 bridgehead atoms. The summed E-state index contributed by atoms with van der Waals surface area (Å²) in [6, 6.07) is 12.2. The molecule has 0 aromatic heterocycles. The van der Waals surface area contributed by atoms with Crippen molar-refractivity contribution < 1.29 is 23.8 Å². The lowest BCUT2D eigenvalue weighted by molar-refractivity contribution is -0.120. The van der Waals surface area contributed by atoms with Gasteiger partial charge < -0.3 is 24.4 Å². The van der Waals surface area contributed by atoms with Gasteiger partial charge in [-0.25, -0.2) is 0 Å². The molecule has 1 heterocycles. The maximum absolute atomic E-state index is 12.4. The van der Waals surface area contributed by atoms with Gasteiger partial charge in [-0.2, -0.15) is 0 Å². The molecule has 0 atom stereocenters. The predicted octanol–water partition coefficient (Wildman–Crippen LogP) is 3.19. The second kappa shape index (κ2) is 7.99. The summed E-state index contributed by atoms with van der Waals surface area (Å²) < 4.78 is 16.2. The van der Waals surface area contributed by atoms with Crippen LogP contribution in [0.5, 0.6) is 17.2 Å². The highest BCUT2D eigenvalue weighted by Crippen LogP contribution is 2.35. The van der Waals surface area contributed by atoms with E-state index in [1.807, 2.05) is 13.8 Å². The number of hydrogen-bond donors (Lipinski definition) is 1. The molecule has 142 valence electrons. The van der Waals surface area contributed by atoms with Crippen molar-refractivity contribution >= 4 is 23.2 Å². The molecule has 1 aliphatic heterocycles. The van der Waals surface area contributed by atoms with Crippen LogP contribution in [0.3, 0.4) is 0 Å². The second-order valence-electron chi connectivity index (χ2n) is 6.38. The molecule has 0 fully saturated rings. The highest BCUT2D eigenvalue weighted by molar-refractivity contribution is 6.02. The lowest BCUT2D eigenvalue weighted by Gasteiger charge is -2.21. The first-order valence-electron chi connectivity index (χ1n) is 8.66. The first-order valence-corrected chi connectivity index (χ1v) is 8.66. The summed E-state index contributed by atoms with van der Waals surface area (Å²) in [6.07, 6.45) is 0.0799. The van der Waals surface area contributed by atoms with Gasteiger partial charge in [0.05, 0.1) is 6.10 Å². The number of nitrogens with one attached hydrogen (secondary N) is 1. The molecule has 3 rings (SSSR count). The number of hydrogen-bond acceptors (Lipinski definition) is 5. The fourth-order valence-electron chi connectivity index (χ4n) is 2.67. The minimum atomic E-state index is -0.305. The molecular weight excluding hydrogens is 348 g/mol. The molecule has 0 saturated heterocycles. The molecule has 27 heavy (non-hydrogen) atoms. The molecule has 0 unspecified atom stereocenters. The largest absolute Gasteiger partial charge is 0.491 e. The molecule has 1 N–H and O–H groups in total. The standard InChI is InChI=1S/C20H22N2O5/c1-13(2)27-17-7-4-15(5-8-17)21-20(24)11-22(14(3)23)16-6-9-18-19(10-16)26-12-25-18/h4-10,13H,11-12H2,1-3H3,(H,21,24). The smallest absolute Gasteiger partial charge is 0.244 e. The van der Waals surface area contributed by atoms with E-state index in [4.69, 9.17) is 14.2 Å². The molecule has 0 radical (unpaired) electrons. The highest BCUT2D eigenvalue weighted by Gasteiger charge is 2.20. The lowest BCUT2D eigenvalue weighted by atomic mass is 10.2. The highest BCUT2D eigenvalue weighted by atomic mass is 16.7. The van der Waals surface area contributed by atoms with Crippen LogP contribution in [0.4, 0.5) is 11.4 Å². The number of amides is 2. The summed E-state index contributed by atoms with van der Waals surface area (Å²) >= 11 is 0. The Balaban J connectivity index is 1.66. The Hall–Kier alpha value is -3.22. The molecule has 0 saturated carbocycles. The van der Waals surface area contributed by atoms with Gasteiger partial charge in [-0.1, -0.05) is 0 Å². The van der Waals surface area contributed by atoms with E-state index in [1.54, 1.807) is 42.5 Å². The van der Waals surface area contributed by atoms with Gasteiger partial charge >= 0.3 is 0 Å². The molecule has 2 aromatic carbocycles. The summed E-state index contributed by atoms with van der Waals surface area (Å²) in [4.78, 5) is 25.8. The van der Waals surface area contributed by atoms with Crippen molar-refractivity contribution in [2.45, 2.75) is 26.9 Å². The van der Waals surface area contributed by atoms with Crippen LogP contribution in [0.1, 0.15) is 20.8 Å². The average Bonchev–Trinajstić information content (AvgIpc) is 3.08. The number of benzene rings is 2. The van der Waals surface area contributed by atoms with Crippen LogP contribution in [0, 0.1) is 0 Å². The maximum Gasteiger partial charge on any atom is 0.244 e. The van der Waals surface area contributed by atoms with E-state index >= 15 is 0 Å². The van der Waals surface area contributed by atoms with Gasteiger partial charge in [0.2, 0.25) is 18.6 Å². The fraction of sp³-hybridized carbons (Fsp3) is 0.300. The summed E-state index contributed by atoms with van der Waals surface area (Å²) in [5.74, 6) is 1.36. The Morgan fingerprint density at radius 2 is 1.81 bits per heavy atom. The topological polar surface area (TPSA) is 77.1 Å². The predicted molar refractivity (Wildman–Crippen MR) is 101 cm³/mol. The summed E-state index contributed by atoms with van der Waals surface area (Å²) in [5, 5.41) is 2.79. The minimum absolute atomic E-state index is 0.0799. The van der Waals surface area contributed by atoms with Crippen LogP contribution >= 0.6 is 0 Å². The van der Waals surface area contributed by atoms with Crippen LogP contribution in [0.25, 0.3) is 0 Å². The van der Waals surface area contributed by atoms with Crippen molar-refractivity contribution in [3.63, 3.8) is 0 Å². The van der Waals surface area contributed by atoms with Crippen molar-refractivity contribution in [3.05, 3.63) is 42.5 Å². The Morgan fingerprint density at radius 1 is 1.11 bits per heavy atom.